The van der Waals surface area contributed by atoms with E-state index in [4.69, 9.17) is 15.0 Å². The second-order valence-electron chi connectivity index (χ2n) is 5.69. The average molecular weight is 252 g/mol. The molecule has 0 atom stereocenters. The molecule has 0 aromatic carbocycles. The first-order chi connectivity index (χ1) is 8.60. The Bertz CT molecular complexity index is 381. The number of hydrogen-bond donors (Lipinski definition) is 1. The molecule has 0 unspecified atom stereocenters. The van der Waals surface area contributed by atoms with Crippen molar-refractivity contribution >= 4 is 5.88 Å². The highest BCUT2D eigenvalue weighted by Crippen LogP contribution is 2.34. The Hall–Kier alpha value is -1.03. The monoisotopic (exact) mass is 252 g/mol. The summed E-state index contributed by atoms with van der Waals surface area (Å²) in [6.45, 7) is 7.23. The summed E-state index contributed by atoms with van der Waals surface area (Å²) in [5.74, 6) is 1.75. The van der Waals surface area contributed by atoms with Gasteiger partial charge in [-0.15, -0.1) is 0 Å². The number of nitrogen functional groups attached to an aromatic ring is 1. The molecule has 4 nitrogen and oxygen atoms in total. The Morgan fingerprint density at radius 2 is 2.17 bits per heavy atom. The standard InChI is InChI=1S/C14H24N2O2/c1-4-17-11-6-10(7-11)8-13-12(5-9(2)3)14(15)18-16-13/h9-11H,4-8,15H2,1-3H3. The van der Waals surface area contributed by atoms with Crippen LogP contribution in [0.4, 0.5) is 5.88 Å². The smallest absolute Gasteiger partial charge is 0.225 e. The molecule has 102 valence electrons. The lowest BCUT2D eigenvalue weighted by Gasteiger charge is -2.34. The molecular formula is C14H24N2O2. The van der Waals surface area contributed by atoms with Gasteiger partial charge in [-0.25, -0.2) is 0 Å². The predicted molar refractivity (Wildman–Crippen MR) is 71.3 cm³/mol. The largest absolute Gasteiger partial charge is 0.378 e. The zero-order valence-corrected chi connectivity index (χ0v) is 11.6. The Balaban J connectivity index is 1.90. The molecule has 2 rings (SSSR count). The summed E-state index contributed by atoms with van der Waals surface area (Å²) in [6, 6.07) is 0. The lowest BCUT2D eigenvalue weighted by Crippen LogP contribution is -2.32. The van der Waals surface area contributed by atoms with Crippen molar-refractivity contribution in [2.45, 2.75) is 52.6 Å². The molecule has 1 aromatic heterocycles. The number of anilines is 1. The number of ether oxygens (including phenoxy) is 1. The Morgan fingerprint density at radius 1 is 1.44 bits per heavy atom. The molecule has 1 heterocycles. The van der Waals surface area contributed by atoms with Gasteiger partial charge in [0.05, 0.1) is 11.8 Å². The lowest BCUT2D eigenvalue weighted by atomic mass is 9.78. The van der Waals surface area contributed by atoms with Gasteiger partial charge in [0.1, 0.15) is 0 Å². The van der Waals surface area contributed by atoms with E-state index in [1.54, 1.807) is 0 Å². The van der Waals surface area contributed by atoms with Crippen LogP contribution in [0.1, 0.15) is 44.9 Å². The minimum Gasteiger partial charge on any atom is -0.378 e. The van der Waals surface area contributed by atoms with Crippen molar-refractivity contribution in [3.8, 4) is 0 Å². The van der Waals surface area contributed by atoms with Crippen LogP contribution in [0.25, 0.3) is 0 Å². The number of hydrogen-bond acceptors (Lipinski definition) is 4. The van der Waals surface area contributed by atoms with Crippen LogP contribution in [0.5, 0.6) is 0 Å². The molecule has 1 aromatic rings. The quantitative estimate of drug-likeness (QED) is 0.845. The Kier molecular flexibility index (Phi) is 4.27. The maximum atomic E-state index is 5.85. The van der Waals surface area contributed by atoms with Crippen LogP contribution in [0, 0.1) is 11.8 Å². The maximum absolute atomic E-state index is 5.85. The Morgan fingerprint density at radius 3 is 2.78 bits per heavy atom. The fourth-order valence-electron chi connectivity index (χ4n) is 2.63. The SMILES string of the molecule is CCOC1CC(Cc2noc(N)c2CC(C)C)C1. The third-order valence-electron chi connectivity index (χ3n) is 3.59. The van der Waals surface area contributed by atoms with E-state index < -0.39 is 0 Å². The van der Waals surface area contributed by atoms with Crippen molar-refractivity contribution in [3.05, 3.63) is 11.3 Å². The number of aromatic nitrogens is 1. The normalized spacial score (nSPS) is 23.3. The van der Waals surface area contributed by atoms with E-state index in [1.807, 2.05) is 6.92 Å². The van der Waals surface area contributed by atoms with Gasteiger partial charge in [-0.3, -0.25) is 0 Å². The molecule has 1 fully saturated rings. The van der Waals surface area contributed by atoms with Crippen LogP contribution in [0.3, 0.4) is 0 Å². The zero-order chi connectivity index (χ0) is 13.1. The number of rotatable bonds is 6. The Labute approximate surface area is 109 Å². The van der Waals surface area contributed by atoms with Gasteiger partial charge in [-0.05, 0) is 44.4 Å². The van der Waals surface area contributed by atoms with Gasteiger partial charge in [-0.1, -0.05) is 19.0 Å². The summed E-state index contributed by atoms with van der Waals surface area (Å²) in [4.78, 5) is 0. The first-order valence-corrected chi connectivity index (χ1v) is 6.94. The third-order valence-corrected chi connectivity index (χ3v) is 3.59. The van der Waals surface area contributed by atoms with Crippen molar-refractivity contribution in [3.63, 3.8) is 0 Å². The van der Waals surface area contributed by atoms with E-state index in [9.17, 15) is 0 Å². The topological polar surface area (TPSA) is 61.3 Å². The van der Waals surface area contributed by atoms with Gasteiger partial charge in [0.15, 0.2) is 0 Å². The molecule has 0 spiro atoms. The second-order valence-corrected chi connectivity index (χ2v) is 5.69. The maximum Gasteiger partial charge on any atom is 0.225 e. The molecule has 1 aliphatic carbocycles. The van der Waals surface area contributed by atoms with Crippen LogP contribution < -0.4 is 5.73 Å². The number of nitrogens with two attached hydrogens (primary N) is 1. The molecule has 1 aliphatic rings. The fraction of sp³-hybridized carbons (Fsp3) is 0.786. The summed E-state index contributed by atoms with van der Waals surface area (Å²) < 4.78 is 10.7. The summed E-state index contributed by atoms with van der Waals surface area (Å²) in [6.07, 6.45) is 4.67. The van der Waals surface area contributed by atoms with Gasteiger partial charge in [-0.2, -0.15) is 0 Å². The van der Waals surface area contributed by atoms with E-state index >= 15 is 0 Å². The molecule has 18 heavy (non-hydrogen) atoms. The van der Waals surface area contributed by atoms with Crippen LogP contribution in [-0.2, 0) is 17.6 Å². The van der Waals surface area contributed by atoms with E-state index in [0.29, 0.717) is 23.8 Å². The van der Waals surface area contributed by atoms with Crippen molar-refractivity contribution in [2.75, 3.05) is 12.3 Å². The first-order valence-electron chi connectivity index (χ1n) is 6.94. The van der Waals surface area contributed by atoms with Crippen LogP contribution in [-0.4, -0.2) is 17.9 Å². The minimum absolute atomic E-state index is 0.456. The second kappa shape index (κ2) is 5.74. The number of nitrogens with zero attached hydrogens (tertiary/aromatic N) is 1. The summed E-state index contributed by atoms with van der Waals surface area (Å²) >= 11 is 0. The van der Waals surface area contributed by atoms with E-state index in [1.165, 1.54) is 0 Å². The van der Waals surface area contributed by atoms with E-state index in [-0.39, 0.29) is 0 Å². The molecule has 0 amide bonds. The van der Waals surface area contributed by atoms with Gasteiger partial charge < -0.3 is 15.0 Å². The van der Waals surface area contributed by atoms with E-state index in [2.05, 4.69) is 19.0 Å². The molecule has 1 saturated carbocycles. The first kappa shape index (κ1) is 13.4. The molecular weight excluding hydrogens is 228 g/mol. The highest BCUT2D eigenvalue weighted by atomic mass is 16.5. The molecule has 4 heteroatoms. The van der Waals surface area contributed by atoms with Crippen LogP contribution >= 0.6 is 0 Å². The molecule has 0 bridgehead atoms. The van der Waals surface area contributed by atoms with Gasteiger partial charge in [0, 0.05) is 12.2 Å². The summed E-state index contributed by atoms with van der Waals surface area (Å²) in [5, 5.41) is 4.12. The third kappa shape index (κ3) is 3.05. The van der Waals surface area contributed by atoms with Gasteiger partial charge >= 0.3 is 0 Å². The van der Waals surface area contributed by atoms with Crippen molar-refractivity contribution < 1.29 is 9.26 Å². The van der Waals surface area contributed by atoms with Crippen molar-refractivity contribution in [1.29, 1.82) is 0 Å². The zero-order valence-electron chi connectivity index (χ0n) is 11.6. The highest BCUT2D eigenvalue weighted by Gasteiger charge is 2.31. The molecule has 0 aliphatic heterocycles. The van der Waals surface area contributed by atoms with Crippen LogP contribution in [0.15, 0.2) is 4.52 Å². The predicted octanol–water partition coefficient (Wildman–Crippen LogP) is 2.81. The molecule has 2 N–H and O–H groups in total. The van der Waals surface area contributed by atoms with Gasteiger partial charge in [0.25, 0.3) is 0 Å². The summed E-state index contributed by atoms with van der Waals surface area (Å²) in [5.41, 5.74) is 8.02. The molecule has 0 saturated heterocycles. The lowest BCUT2D eigenvalue weighted by molar-refractivity contribution is -0.0244. The average Bonchev–Trinajstić information content (AvgIpc) is 2.58. The minimum atomic E-state index is 0.456. The van der Waals surface area contributed by atoms with Crippen molar-refractivity contribution in [1.82, 2.24) is 5.16 Å². The highest BCUT2D eigenvalue weighted by molar-refractivity contribution is 5.39. The van der Waals surface area contributed by atoms with Crippen molar-refractivity contribution in [2.24, 2.45) is 11.8 Å². The molecule has 0 radical (unpaired) electrons. The fourth-order valence-corrected chi connectivity index (χ4v) is 2.63. The van der Waals surface area contributed by atoms with Gasteiger partial charge in [0.2, 0.25) is 5.88 Å². The van der Waals surface area contributed by atoms with E-state index in [0.717, 1.165) is 43.5 Å². The summed E-state index contributed by atoms with van der Waals surface area (Å²) in [7, 11) is 0. The van der Waals surface area contributed by atoms with Crippen LogP contribution in [0.2, 0.25) is 0 Å².